The van der Waals surface area contributed by atoms with Crippen molar-refractivity contribution in [2.75, 3.05) is 24.0 Å². The summed E-state index contributed by atoms with van der Waals surface area (Å²) < 4.78 is 34.8. The molecule has 230 valence electrons. The number of nitrogens with zero attached hydrogens (tertiary/aromatic N) is 2. The van der Waals surface area contributed by atoms with E-state index in [2.05, 4.69) is 5.32 Å². The van der Waals surface area contributed by atoms with E-state index < -0.39 is 28.5 Å². The second kappa shape index (κ2) is 15.2. The molecule has 0 saturated heterocycles. The molecule has 8 nitrogen and oxygen atoms in total. The molecule has 0 heterocycles. The first kappa shape index (κ1) is 32.3. The van der Waals surface area contributed by atoms with E-state index in [1.54, 1.807) is 42.5 Å². The molecule has 0 saturated carbocycles. The summed E-state index contributed by atoms with van der Waals surface area (Å²) in [6.07, 6.45) is 0.263. The Bertz CT molecular complexity index is 1630. The molecule has 0 radical (unpaired) electrons. The second-order valence-corrected chi connectivity index (χ2v) is 12.2. The first-order valence-electron chi connectivity index (χ1n) is 14.7. The van der Waals surface area contributed by atoms with Crippen LogP contribution in [0.2, 0.25) is 0 Å². The van der Waals surface area contributed by atoms with Crippen molar-refractivity contribution >= 4 is 27.5 Å². The van der Waals surface area contributed by atoms with Gasteiger partial charge in [-0.3, -0.25) is 13.9 Å². The van der Waals surface area contributed by atoms with E-state index in [4.69, 9.17) is 4.74 Å². The van der Waals surface area contributed by atoms with Gasteiger partial charge in [-0.25, -0.2) is 8.42 Å². The molecule has 4 aromatic carbocycles. The second-order valence-electron chi connectivity index (χ2n) is 10.3. The maximum absolute atomic E-state index is 14.4. The van der Waals surface area contributed by atoms with Gasteiger partial charge in [-0.2, -0.15) is 0 Å². The maximum atomic E-state index is 14.4. The molecule has 0 aliphatic rings. The van der Waals surface area contributed by atoms with Gasteiger partial charge in [0.2, 0.25) is 11.8 Å². The Morgan fingerprint density at radius 3 is 2.05 bits per heavy atom. The molecule has 2 amide bonds. The number of benzene rings is 4. The molecule has 4 aromatic rings. The molecule has 1 N–H and O–H groups in total. The molecular weight excluding hydrogens is 574 g/mol. The summed E-state index contributed by atoms with van der Waals surface area (Å²) in [7, 11) is -4.16. The largest absolute Gasteiger partial charge is 0.494 e. The molecule has 0 spiro atoms. The van der Waals surface area contributed by atoms with Gasteiger partial charge in [0.05, 0.1) is 17.2 Å². The molecule has 0 aliphatic heterocycles. The number of carbonyl (C=O) groups is 2. The number of rotatable bonds is 14. The molecule has 0 fully saturated rings. The number of anilines is 1. The van der Waals surface area contributed by atoms with Crippen LogP contribution in [-0.2, 0) is 32.6 Å². The van der Waals surface area contributed by atoms with Crippen LogP contribution in [0, 0.1) is 6.92 Å². The SMILES string of the molecule is CCNC(=O)[C@H](Cc1ccccc1)N(Cc1ccccc1C)C(=O)CN(c1ccc(OCC)cc1)S(=O)(=O)c1ccccc1. The Hall–Kier alpha value is -4.63. The number of ether oxygens (including phenoxy) is 1. The van der Waals surface area contributed by atoms with Gasteiger partial charge in [0.1, 0.15) is 18.3 Å². The van der Waals surface area contributed by atoms with Crippen LogP contribution < -0.4 is 14.4 Å². The Kier molecular flexibility index (Phi) is 11.2. The monoisotopic (exact) mass is 613 g/mol. The average molecular weight is 614 g/mol. The minimum absolute atomic E-state index is 0.0525. The molecule has 44 heavy (non-hydrogen) atoms. The van der Waals surface area contributed by atoms with Crippen LogP contribution in [0.15, 0.2) is 114 Å². The van der Waals surface area contributed by atoms with Gasteiger partial charge in [0.25, 0.3) is 10.0 Å². The lowest BCUT2D eigenvalue weighted by atomic mass is 10.0. The van der Waals surface area contributed by atoms with Gasteiger partial charge < -0.3 is 15.0 Å². The highest BCUT2D eigenvalue weighted by Crippen LogP contribution is 2.27. The lowest BCUT2D eigenvalue weighted by Gasteiger charge is -2.34. The predicted octanol–water partition coefficient (Wildman–Crippen LogP) is 5.37. The van der Waals surface area contributed by atoms with Crippen molar-refractivity contribution in [3.63, 3.8) is 0 Å². The van der Waals surface area contributed by atoms with Crippen LogP contribution in [0.4, 0.5) is 5.69 Å². The lowest BCUT2D eigenvalue weighted by Crippen LogP contribution is -2.53. The maximum Gasteiger partial charge on any atom is 0.264 e. The fourth-order valence-corrected chi connectivity index (χ4v) is 6.38. The molecule has 0 unspecified atom stereocenters. The fourth-order valence-electron chi connectivity index (χ4n) is 4.94. The minimum atomic E-state index is -4.16. The van der Waals surface area contributed by atoms with Gasteiger partial charge in [-0.1, -0.05) is 72.8 Å². The van der Waals surface area contributed by atoms with Crippen LogP contribution in [0.1, 0.15) is 30.5 Å². The Morgan fingerprint density at radius 1 is 0.818 bits per heavy atom. The van der Waals surface area contributed by atoms with E-state index in [9.17, 15) is 18.0 Å². The summed E-state index contributed by atoms with van der Waals surface area (Å²) in [6.45, 7) is 6.10. The van der Waals surface area contributed by atoms with E-state index in [0.717, 1.165) is 21.0 Å². The van der Waals surface area contributed by atoms with E-state index in [1.165, 1.54) is 17.0 Å². The fraction of sp³-hybridized carbons (Fsp3) is 0.257. The number of hydrogen-bond acceptors (Lipinski definition) is 5. The average Bonchev–Trinajstić information content (AvgIpc) is 3.04. The smallest absolute Gasteiger partial charge is 0.264 e. The Balaban J connectivity index is 1.79. The number of sulfonamides is 1. The zero-order chi connectivity index (χ0) is 31.5. The van der Waals surface area contributed by atoms with Crippen molar-refractivity contribution in [1.82, 2.24) is 10.2 Å². The first-order chi connectivity index (χ1) is 21.2. The van der Waals surface area contributed by atoms with Crippen molar-refractivity contribution in [3.05, 3.63) is 126 Å². The summed E-state index contributed by atoms with van der Waals surface area (Å²) in [5.74, 6) is -0.231. The topological polar surface area (TPSA) is 96.0 Å². The van der Waals surface area contributed by atoms with Gasteiger partial charge >= 0.3 is 0 Å². The van der Waals surface area contributed by atoms with Crippen LogP contribution in [0.25, 0.3) is 0 Å². The van der Waals surface area contributed by atoms with Crippen molar-refractivity contribution in [2.45, 2.75) is 44.7 Å². The Labute approximate surface area is 260 Å². The highest BCUT2D eigenvalue weighted by atomic mass is 32.2. The molecular formula is C35H39N3O5S. The summed E-state index contributed by atoms with van der Waals surface area (Å²) in [5, 5.41) is 2.88. The third-order valence-corrected chi connectivity index (χ3v) is 9.06. The number of aryl methyl sites for hydroxylation is 1. The standard InChI is InChI=1S/C35H39N3O5S/c1-4-36-35(40)33(24-28-15-8-6-9-16-28)37(25-29-17-13-12-14-27(29)3)34(39)26-38(30-20-22-31(23-21-30)43-5-2)44(41,42)32-18-10-7-11-19-32/h6-23,33H,4-5,24-26H2,1-3H3,(H,36,40)/t33-/m0/s1. The number of hydrogen-bond donors (Lipinski definition) is 1. The van der Waals surface area contributed by atoms with Crippen molar-refractivity contribution in [1.29, 1.82) is 0 Å². The van der Waals surface area contributed by atoms with Crippen LogP contribution >= 0.6 is 0 Å². The summed E-state index contributed by atoms with van der Waals surface area (Å²) >= 11 is 0. The summed E-state index contributed by atoms with van der Waals surface area (Å²) in [6, 6.07) is 30.9. The third-order valence-electron chi connectivity index (χ3n) is 7.27. The lowest BCUT2D eigenvalue weighted by molar-refractivity contribution is -0.140. The number of carbonyl (C=O) groups excluding carboxylic acids is 2. The Morgan fingerprint density at radius 2 is 1.43 bits per heavy atom. The van der Waals surface area contributed by atoms with Crippen molar-refractivity contribution < 1.29 is 22.7 Å². The summed E-state index contributed by atoms with van der Waals surface area (Å²) in [4.78, 5) is 29.6. The van der Waals surface area contributed by atoms with Gasteiger partial charge in [-0.05, 0) is 73.9 Å². The number of amides is 2. The number of likely N-dealkylation sites (N-methyl/N-ethyl adjacent to an activating group) is 1. The highest BCUT2D eigenvalue weighted by Gasteiger charge is 2.34. The van der Waals surface area contributed by atoms with E-state index in [1.807, 2.05) is 75.4 Å². The number of nitrogens with one attached hydrogen (secondary N) is 1. The van der Waals surface area contributed by atoms with E-state index >= 15 is 0 Å². The quantitative estimate of drug-likeness (QED) is 0.207. The molecule has 1 atom stereocenters. The molecule has 0 aromatic heterocycles. The first-order valence-corrected chi connectivity index (χ1v) is 16.1. The minimum Gasteiger partial charge on any atom is -0.494 e. The summed E-state index contributed by atoms with van der Waals surface area (Å²) in [5.41, 5.74) is 3.01. The van der Waals surface area contributed by atoms with Crippen LogP contribution in [0.3, 0.4) is 0 Å². The molecule has 0 bridgehead atoms. The van der Waals surface area contributed by atoms with Gasteiger partial charge in [0, 0.05) is 19.5 Å². The predicted molar refractivity (Wildman–Crippen MR) is 173 cm³/mol. The van der Waals surface area contributed by atoms with Gasteiger partial charge in [0.15, 0.2) is 0 Å². The zero-order valence-corrected chi connectivity index (χ0v) is 26.2. The third kappa shape index (κ3) is 8.05. The van der Waals surface area contributed by atoms with Crippen LogP contribution in [-0.4, -0.2) is 50.9 Å². The molecule has 4 rings (SSSR count). The van der Waals surface area contributed by atoms with Gasteiger partial charge in [-0.15, -0.1) is 0 Å². The molecule has 0 aliphatic carbocycles. The van der Waals surface area contributed by atoms with Crippen molar-refractivity contribution in [2.24, 2.45) is 0 Å². The van der Waals surface area contributed by atoms with E-state index in [-0.39, 0.29) is 23.8 Å². The zero-order valence-electron chi connectivity index (χ0n) is 25.3. The van der Waals surface area contributed by atoms with E-state index in [0.29, 0.717) is 24.6 Å². The normalized spacial score (nSPS) is 11.8. The highest BCUT2D eigenvalue weighted by molar-refractivity contribution is 7.92. The van der Waals surface area contributed by atoms with Crippen LogP contribution in [0.5, 0.6) is 5.75 Å². The molecule has 9 heteroatoms. The van der Waals surface area contributed by atoms with Crippen molar-refractivity contribution in [3.8, 4) is 5.75 Å².